The molecular weight excluding hydrogens is 282 g/mol. The second-order valence-corrected chi connectivity index (χ2v) is 6.87. The van der Waals surface area contributed by atoms with Gasteiger partial charge in [0.05, 0.1) is 10.1 Å². The van der Waals surface area contributed by atoms with Gasteiger partial charge in [0.15, 0.2) is 6.10 Å². The first-order chi connectivity index (χ1) is 9.08. The maximum absolute atomic E-state index is 11.8. The molecule has 0 bridgehead atoms. The normalized spacial score (nSPS) is 17.1. The van der Waals surface area contributed by atoms with Gasteiger partial charge in [0, 0.05) is 11.5 Å². The highest BCUT2D eigenvalue weighted by Gasteiger charge is 2.19. The number of nitrogens with two attached hydrogens (primary N) is 1. The zero-order valence-electron chi connectivity index (χ0n) is 10.5. The van der Waals surface area contributed by atoms with E-state index >= 15 is 0 Å². The number of benzene rings is 1. The zero-order chi connectivity index (χ0) is 13.8. The quantitative estimate of drug-likeness (QED) is 0.863. The van der Waals surface area contributed by atoms with E-state index in [0.717, 1.165) is 11.5 Å². The van der Waals surface area contributed by atoms with Crippen LogP contribution in [0.5, 0.6) is 0 Å². The maximum Gasteiger partial charge on any atom is 0.338 e. The van der Waals surface area contributed by atoms with Crippen LogP contribution in [0.1, 0.15) is 27.4 Å². The lowest BCUT2D eigenvalue weighted by Gasteiger charge is -2.11. The van der Waals surface area contributed by atoms with Crippen LogP contribution in [0.4, 0.5) is 0 Å². The molecule has 0 spiro atoms. The predicted molar refractivity (Wildman–Crippen MR) is 78.2 cm³/mol. The van der Waals surface area contributed by atoms with Crippen LogP contribution < -0.4 is 5.73 Å². The highest BCUT2D eigenvalue weighted by Crippen LogP contribution is 2.45. The number of ether oxygens (including phenoxy) is 1. The number of carbonyl (C=O) groups is 2. The molecule has 0 radical (unpaired) electrons. The van der Waals surface area contributed by atoms with E-state index in [1.54, 1.807) is 12.1 Å². The predicted octanol–water partition coefficient (Wildman–Crippen LogP) is 2.20. The topological polar surface area (TPSA) is 69.4 Å². The smallest absolute Gasteiger partial charge is 0.338 e. The summed E-state index contributed by atoms with van der Waals surface area (Å²) in [6.07, 6.45) is -0.909. The fourth-order valence-corrected chi connectivity index (χ4v) is 4.47. The van der Waals surface area contributed by atoms with E-state index in [2.05, 4.69) is 0 Å². The molecule has 4 nitrogen and oxygen atoms in total. The van der Waals surface area contributed by atoms with Crippen LogP contribution in [0.15, 0.2) is 24.3 Å². The second kappa shape index (κ2) is 6.34. The maximum atomic E-state index is 11.8. The number of hydrogen-bond acceptors (Lipinski definition) is 5. The number of amides is 1. The molecule has 1 fully saturated rings. The lowest BCUT2D eigenvalue weighted by Crippen LogP contribution is -2.30. The summed E-state index contributed by atoms with van der Waals surface area (Å²) in [4.78, 5) is 22.6. The van der Waals surface area contributed by atoms with Gasteiger partial charge < -0.3 is 10.5 Å². The van der Waals surface area contributed by atoms with Crippen molar-refractivity contribution < 1.29 is 14.3 Å². The Morgan fingerprint density at radius 1 is 1.26 bits per heavy atom. The summed E-state index contributed by atoms with van der Waals surface area (Å²) in [5, 5.41) is 0. The Balaban J connectivity index is 2.01. The number of carbonyl (C=O) groups excluding carboxylic acids is 2. The first-order valence-corrected chi connectivity index (χ1v) is 8.01. The van der Waals surface area contributed by atoms with Crippen molar-refractivity contribution in [3.05, 3.63) is 35.4 Å². The third-order valence-electron chi connectivity index (χ3n) is 2.72. The third kappa shape index (κ3) is 3.67. The summed E-state index contributed by atoms with van der Waals surface area (Å²) in [5.41, 5.74) is 6.68. The molecule has 102 valence electrons. The van der Waals surface area contributed by atoms with Gasteiger partial charge in [-0.25, -0.2) is 4.79 Å². The van der Waals surface area contributed by atoms with Crippen LogP contribution in [0.2, 0.25) is 0 Å². The third-order valence-corrected chi connectivity index (χ3v) is 5.83. The van der Waals surface area contributed by atoms with E-state index < -0.39 is 18.0 Å². The van der Waals surface area contributed by atoms with Crippen molar-refractivity contribution in [3.8, 4) is 0 Å². The molecule has 1 atom stereocenters. The van der Waals surface area contributed by atoms with Gasteiger partial charge in [-0.1, -0.05) is 12.1 Å². The first-order valence-electron chi connectivity index (χ1n) is 5.91. The number of thioether (sulfide) groups is 2. The lowest BCUT2D eigenvalue weighted by molar-refractivity contribution is -0.125. The number of primary amides is 1. The first kappa shape index (κ1) is 14.3. The Kier molecular flexibility index (Phi) is 4.76. The molecule has 1 aromatic rings. The Hall–Kier alpha value is -1.14. The summed E-state index contributed by atoms with van der Waals surface area (Å²) in [5.74, 6) is 1.15. The molecular formula is C13H15NO3S2. The molecule has 6 heteroatoms. The Morgan fingerprint density at radius 3 is 2.37 bits per heavy atom. The fraction of sp³-hybridized carbons (Fsp3) is 0.385. The zero-order valence-corrected chi connectivity index (χ0v) is 12.1. The lowest BCUT2D eigenvalue weighted by atomic mass is 10.1. The van der Waals surface area contributed by atoms with Crippen LogP contribution >= 0.6 is 23.5 Å². The molecule has 1 unspecified atom stereocenters. The van der Waals surface area contributed by atoms with Crippen LogP contribution in [0.3, 0.4) is 0 Å². The molecule has 1 amide bonds. The minimum absolute atomic E-state index is 0.435. The van der Waals surface area contributed by atoms with Gasteiger partial charge in [0.2, 0.25) is 0 Å². The summed E-state index contributed by atoms with van der Waals surface area (Å²) >= 11 is 3.82. The number of hydrogen-bond donors (Lipinski definition) is 1. The van der Waals surface area contributed by atoms with E-state index in [4.69, 9.17) is 10.5 Å². The van der Waals surface area contributed by atoms with Gasteiger partial charge in [-0.15, -0.1) is 23.5 Å². The van der Waals surface area contributed by atoms with E-state index in [0.29, 0.717) is 10.1 Å². The minimum Gasteiger partial charge on any atom is -0.449 e. The largest absolute Gasteiger partial charge is 0.449 e. The van der Waals surface area contributed by atoms with Crippen molar-refractivity contribution in [2.75, 3.05) is 11.5 Å². The van der Waals surface area contributed by atoms with Crippen molar-refractivity contribution in [1.29, 1.82) is 0 Å². The van der Waals surface area contributed by atoms with Crippen molar-refractivity contribution in [1.82, 2.24) is 0 Å². The molecule has 19 heavy (non-hydrogen) atoms. The molecule has 0 aromatic heterocycles. The molecule has 2 N–H and O–H groups in total. The summed E-state index contributed by atoms with van der Waals surface area (Å²) in [6.45, 7) is 1.46. The number of rotatable bonds is 4. The van der Waals surface area contributed by atoms with E-state index in [1.165, 1.54) is 12.5 Å². The van der Waals surface area contributed by atoms with Gasteiger partial charge in [-0.3, -0.25) is 4.79 Å². The average molecular weight is 297 g/mol. The SMILES string of the molecule is CC(OC(=O)c1ccc(C2SCCS2)cc1)C(N)=O. The van der Waals surface area contributed by atoms with Crippen LogP contribution in [-0.2, 0) is 9.53 Å². The van der Waals surface area contributed by atoms with Crippen molar-refractivity contribution in [2.45, 2.75) is 17.6 Å². The summed E-state index contributed by atoms with van der Waals surface area (Å²) in [7, 11) is 0. The van der Waals surface area contributed by atoms with E-state index in [-0.39, 0.29) is 0 Å². The highest BCUT2D eigenvalue weighted by molar-refractivity contribution is 8.19. The standard InChI is InChI=1S/C13H15NO3S2/c1-8(11(14)15)17-12(16)9-2-4-10(5-3-9)13-18-6-7-19-13/h2-5,8,13H,6-7H2,1H3,(H2,14,15). The molecule has 2 rings (SSSR count). The molecule has 1 aromatic carbocycles. The average Bonchev–Trinajstić information content (AvgIpc) is 2.92. The molecule has 1 aliphatic rings. The van der Waals surface area contributed by atoms with Gasteiger partial charge in [0.1, 0.15) is 0 Å². The van der Waals surface area contributed by atoms with Gasteiger partial charge >= 0.3 is 5.97 Å². The van der Waals surface area contributed by atoms with Crippen LogP contribution in [-0.4, -0.2) is 29.5 Å². The molecule has 0 aliphatic carbocycles. The van der Waals surface area contributed by atoms with Crippen LogP contribution in [0.25, 0.3) is 0 Å². The van der Waals surface area contributed by atoms with Gasteiger partial charge in [-0.2, -0.15) is 0 Å². The van der Waals surface area contributed by atoms with Crippen LogP contribution in [0, 0.1) is 0 Å². The van der Waals surface area contributed by atoms with E-state index in [9.17, 15) is 9.59 Å². The fourth-order valence-electron chi connectivity index (χ4n) is 1.61. The molecule has 1 aliphatic heterocycles. The number of esters is 1. The molecule has 1 saturated heterocycles. The Bertz CT molecular complexity index is 469. The molecule has 1 heterocycles. The van der Waals surface area contributed by atoms with Gasteiger partial charge in [-0.05, 0) is 24.6 Å². The Labute approximate surface area is 120 Å². The monoisotopic (exact) mass is 297 g/mol. The summed E-state index contributed by atoms with van der Waals surface area (Å²) < 4.78 is 5.39. The molecule has 0 saturated carbocycles. The van der Waals surface area contributed by atoms with Crippen molar-refractivity contribution in [2.24, 2.45) is 5.73 Å². The second-order valence-electron chi connectivity index (χ2n) is 4.15. The van der Waals surface area contributed by atoms with Crippen molar-refractivity contribution in [3.63, 3.8) is 0 Å². The van der Waals surface area contributed by atoms with E-state index in [1.807, 2.05) is 35.7 Å². The van der Waals surface area contributed by atoms with Crippen molar-refractivity contribution >= 4 is 35.4 Å². The van der Waals surface area contributed by atoms with Gasteiger partial charge in [0.25, 0.3) is 5.91 Å². The highest BCUT2D eigenvalue weighted by atomic mass is 32.2. The minimum atomic E-state index is -0.909. The summed E-state index contributed by atoms with van der Waals surface area (Å²) in [6, 6.07) is 7.32. The Morgan fingerprint density at radius 2 is 1.84 bits per heavy atom.